The molecule has 5 heteroatoms. The summed E-state index contributed by atoms with van der Waals surface area (Å²) in [5.41, 5.74) is 7.60. The second-order valence-electron chi connectivity index (χ2n) is 4.87. The van der Waals surface area contributed by atoms with E-state index < -0.39 is 6.10 Å². The van der Waals surface area contributed by atoms with Gasteiger partial charge in [-0.3, -0.25) is 4.90 Å². The number of aliphatic hydroxyl groups excluding tert-OH is 1. The van der Waals surface area contributed by atoms with E-state index in [-0.39, 0.29) is 6.61 Å². The highest BCUT2D eigenvalue weighted by molar-refractivity contribution is 7.07. The minimum atomic E-state index is -0.528. The Bertz CT molecular complexity index is 516. The van der Waals surface area contributed by atoms with Crippen molar-refractivity contribution >= 4 is 17.0 Å². The van der Waals surface area contributed by atoms with Crippen molar-refractivity contribution in [1.29, 1.82) is 0 Å². The minimum absolute atomic E-state index is 0.261. The maximum Gasteiger partial charge on any atom is 0.121 e. The lowest BCUT2D eigenvalue weighted by molar-refractivity contribution is 0.0744. The van der Waals surface area contributed by atoms with Gasteiger partial charge >= 0.3 is 0 Å². The normalized spacial score (nSPS) is 12.6. The number of nitrogens with two attached hydrogens (primary N) is 1. The van der Waals surface area contributed by atoms with Gasteiger partial charge in [0.1, 0.15) is 18.5 Å². The van der Waals surface area contributed by atoms with Gasteiger partial charge in [-0.25, -0.2) is 0 Å². The van der Waals surface area contributed by atoms with Crippen LogP contribution in [0.3, 0.4) is 0 Å². The van der Waals surface area contributed by atoms with Crippen molar-refractivity contribution in [1.82, 2.24) is 4.90 Å². The second-order valence-corrected chi connectivity index (χ2v) is 5.65. The fraction of sp³-hybridized carbons (Fsp3) is 0.333. The number of rotatable bonds is 7. The van der Waals surface area contributed by atoms with Crippen molar-refractivity contribution in [3.8, 4) is 5.75 Å². The smallest absolute Gasteiger partial charge is 0.121 e. The van der Waals surface area contributed by atoms with Gasteiger partial charge in [0.15, 0.2) is 0 Å². The Kier molecular flexibility index (Phi) is 5.40. The van der Waals surface area contributed by atoms with E-state index in [1.807, 2.05) is 19.2 Å². The summed E-state index contributed by atoms with van der Waals surface area (Å²) in [7, 11) is 1.99. The maximum absolute atomic E-state index is 9.98. The summed E-state index contributed by atoms with van der Waals surface area (Å²) in [4.78, 5) is 2.08. The van der Waals surface area contributed by atoms with Gasteiger partial charge in [0, 0.05) is 24.8 Å². The highest BCUT2D eigenvalue weighted by atomic mass is 32.1. The molecule has 0 spiro atoms. The van der Waals surface area contributed by atoms with Gasteiger partial charge in [0.2, 0.25) is 0 Å². The first-order valence-electron chi connectivity index (χ1n) is 6.49. The summed E-state index contributed by atoms with van der Waals surface area (Å²) in [6.45, 7) is 1.66. The van der Waals surface area contributed by atoms with E-state index in [4.69, 9.17) is 10.5 Å². The summed E-state index contributed by atoms with van der Waals surface area (Å²) in [6.07, 6.45) is -0.528. The average Bonchev–Trinajstić information content (AvgIpc) is 2.89. The third-order valence-electron chi connectivity index (χ3n) is 2.86. The molecule has 1 aromatic heterocycles. The van der Waals surface area contributed by atoms with Crippen LogP contribution >= 0.6 is 11.3 Å². The van der Waals surface area contributed by atoms with E-state index >= 15 is 0 Å². The number of aliphatic hydroxyl groups is 1. The number of anilines is 1. The molecule has 108 valence electrons. The Labute approximate surface area is 123 Å². The van der Waals surface area contributed by atoms with Crippen molar-refractivity contribution in [2.75, 3.05) is 25.9 Å². The summed E-state index contributed by atoms with van der Waals surface area (Å²) in [6, 6.07) is 9.31. The topological polar surface area (TPSA) is 58.7 Å². The molecule has 2 rings (SSSR count). The zero-order valence-electron chi connectivity index (χ0n) is 11.5. The van der Waals surface area contributed by atoms with Gasteiger partial charge in [0.25, 0.3) is 0 Å². The third kappa shape index (κ3) is 4.85. The largest absolute Gasteiger partial charge is 0.491 e. The molecule has 1 heterocycles. The standard InChI is InChI=1S/C15H20N2O2S/c1-17(8-12-5-6-20-11-12)9-14(18)10-19-15-4-2-3-13(16)7-15/h2-7,11,14,18H,8-10,16H2,1H3. The fourth-order valence-corrected chi connectivity index (χ4v) is 2.63. The highest BCUT2D eigenvalue weighted by Gasteiger charge is 2.10. The van der Waals surface area contributed by atoms with Crippen LogP contribution < -0.4 is 10.5 Å². The van der Waals surface area contributed by atoms with Crippen LogP contribution in [-0.4, -0.2) is 36.3 Å². The first-order valence-corrected chi connectivity index (χ1v) is 7.44. The fourth-order valence-electron chi connectivity index (χ4n) is 1.97. The van der Waals surface area contributed by atoms with Crippen LogP contribution in [0.2, 0.25) is 0 Å². The van der Waals surface area contributed by atoms with E-state index in [0.29, 0.717) is 18.0 Å². The van der Waals surface area contributed by atoms with Crippen LogP contribution in [0.4, 0.5) is 5.69 Å². The molecule has 0 aliphatic heterocycles. The van der Waals surface area contributed by atoms with Gasteiger partial charge in [-0.1, -0.05) is 6.07 Å². The summed E-state index contributed by atoms with van der Waals surface area (Å²) >= 11 is 1.68. The van der Waals surface area contributed by atoms with E-state index in [0.717, 1.165) is 6.54 Å². The Balaban J connectivity index is 1.73. The molecule has 0 saturated carbocycles. The third-order valence-corrected chi connectivity index (χ3v) is 3.59. The van der Waals surface area contributed by atoms with E-state index in [9.17, 15) is 5.11 Å². The van der Waals surface area contributed by atoms with Crippen molar-refractivity contribution in [3.63, 3.8) is 0 Å². The van der Waals surface area contributed by atoms with Gasteiger partial charge in [0.05, 0.1) is 0 Å². The molecule has 1 atom stereocenters. The predicted molar refractivity (Wildman–Crippen MR) is 83.0 cm³/mol. The Morgan fingerprint density at radius 2 is 2.25 bits per heavy atom. The van der Waals surface area contributed by atoms with Crippen LogP contribution in [0.15, 0.2) is 41.1 Å². The average molecular weight is 292 g/mol. The van der Waals surface area contributed by atoms with Crippen molar-refractivity contribution in [2.24, 2.45) is 0 Å². The predicted octanol–water partition coefficient (Wildman–Crippen LogP) is 2.20. The van der Waals surface area contributed by atoms with Crippen molar-refractivity contribution in [2.45, 2.75) is 12.6 Å². The molecule has 2 aromatic rings. The van der Waals surface area contributed by atoms with Crippen LogP contribution in [0.25, 0.3) is 0 Å². The molecule has 0 aliphatic rings. The lowest BCUT2D eigenvalue weighted by atomic mass is 10.3. The van der Waals surface area contributed by atoms with Gasteiger partial charge in [-0.05, 0) is 41.6 Å². The van der Waals surface area contributed by atoms with E-state index in [1.165, 1.54) is 5.56 Å². The number of likely N-dealkylation sites (N-methyl/N-ethyl adjacent to an activating group) is 1. The molecule has 1 aromatic carbocycles. The van der Waals surface area contributed by atoms with Crippen molar-refractivity contribution in [3.05, 3.63) is 46.7 Å². The van der Waals surface area contributed by atoms with E-state index in [1.54, 1.807) is 23.5 Å². The molecule has 0 saturated heterocycles. The molecule has 0 fully saturated rings. The molecule has 3 N–H and O–H groups in total. The highest BCUT2D eigenvalue weighted by Crippen LogP contribution is 2.15. The van der Waals surface area contributed by atoms with Gasteiger partial charge < -0.3 is 15.6 Å². The Morgan fingerprint density at radius 3 is 2.95 bits per heavy atom. The first-order chi connectivity index (χ1) is 9.63. The van der Waals surface area contributed by atoms with Crippen LogP contribution in [0.1, 0.15) is 5.56 Å². The van der Waals surface area contributed by atoms with Crippen LogP contribution in [0.5, 0.6) is 5.75 Å². The summed E-state index contributed by atoms with van der Waals surface area (Å²) in [5, 5.41) is 14.2. The molecule has 1 unspecified atom stereocenters. The molecule has 0 aliphatic carbocycles. The van der Waals surface area contributed by atoms with Gasteiger partial charge in [-0.2, -0.15) is 11.3 Å². The molecular weight excluding hydrogens is 272 g/mol. The zero-order chi connectivity index (χ0) is 14.4. The maximum atomic E-state index is 9.98. The minimum Gasteiger partial charge on any atom is -0.491 e. The molecular formula is C15H20N2O2S. The summed E-state index contributed by atoms with van der Waals surface area (Å²) < 4.78 is 5.53. The Morgan fingerprint density at radius 1 is 1.40 bits per heavy atom. The molecule has 4 nitrogen and oxygen atoms in total. The van der Waals surface area contributed by atoms with E-state index in [2.05, 4.69) is 21.7 Å². The number of benzene rings is 1. The lowest BCUT2D eigenvalue weighted by Crippen LogP contribution is -2.32. The number of hydrogen-bond acceptors (Lipinski definition) is 5. The number of ether oxygens (including phenoxy) is 1. The molecule has 20 heavy (non-hydrogen) atoms. The lowest BCUT2D eigenvalue weighted by Gasteiger charge is -2.20. The molecule has 0 bridgehead atoms. The number of hydrogen-bond donors (Lipinski definition) is 2. The summed E-state index contributed by atoms with van der Waals surface area (Å²) in [5.74, 6) is 0.685. The first kappa shape index (κ1) is 14.8. The number of nitrogen functional groups attached to an aromatic ring is 1. The molecule has 0 radical (unpaired) electrons. The number of nitrogens with zero attached hydrogens (tertiary/aromatic N) is 1. The second kappa shape index (κ2) is 7.28. The van der Waals surface area contributed by atoms with Crippen molar-refractivity contribution < 1.29 is 9.84 Å². The molecule has 0 amide bonds. The van der Waals surface area contributed by atoms with Gasteiger partial charge in [-0.15, -0.1) is 0 Å². The quantitative estimate of drug-likeness (QED) is 0.768. The number of thiophene rings is 1. The van der Waals surface area contributed by atoms with Crippen LogP contribution in [0, 0.1) is 0 Å². The monoisotopic (exact) mass is 292 g/mol. The SMILES string of the molecule is CN(Cc1ccsc1)CC(O)COc1cccc(N)c1. The van der Waals surface area contributed by atoms with Crippen LogP contribution in [-0.2, 0) is 6.54 Å². The zero-order valence-corrected chi connectivity index (χ0v) is 12.3. The Hall–Kier alpha value is -1.56.